The lowest BCUT2D eigenvalue weighted by Crippen LogP contribution is -2.33. The van der Waals surface area contributed by atoms with Crippen LogP contribution in [0.15, 0.2) is 24.3 Å². The molecule has 0 amide bonds. The van der Waals surface area contributed by atoms with Crippen molar-refractivity contribution in [3.05, 3.63) is 39.9 Å². The first-order chi connectivity index (χ1) is 8.08. The van der Waals surface area contributed by atoms with Gasteiger partial charge in [0.15, 0.2) is 0 Å². The number of hydrogen-bond donors (Lipinski definition) is 2. The lowest BCUT2D eigenvalue weighted by molar-refractivity contribution is -0.384. The van der Waals surface area contributed by atoms with E-state index in [9.17, 15) is 14.9 Å². The van der Waals surface area contributed by atoms with E-state index in [1.165, 1.54) is 23.9 Å². The van der Waals surface area contributed by atoms with Crippen LogP contribution < -0.4 is 5.32 Å². The van der Waals surface area contributed by atoms with E-state index >= 15 is 0 Å². The molecule has 2 atom stereocenters. The average Bonchev–Trinajstić information content (AvgIpc) is 2.78. The fourth-order valence-corrected chi connectivity index (χ4v) is 2.83. The number of nitrogens with one attached hydrogen (secondary N) is 1. The largest absolute Gasteiger partial charge is 0.480 e. The molecule has 6 nitrogen and oxygen atoms in total. The highest BCUT2D eigenvalue weighted by atomic mass is 32.2. The average molecular weight is 254 g/mol. The van der Waals surface area contributed by atoms with Gasteiger partial charge in [0.1, 0.15) is 6.04 Å². The molecule has 17 heavy (non-hydrogen) atoms. The molecule has 1 aromatic carbocycles. The van der Waals surface area contributed by atoms with Crippen molar-refractivity contribution in [2.75, 3.05) is 5.75 Å². The van der Waals surface area contributed by atoms with Crippen LogP contribution >= 0.6 is 11.8 Å². The summed E-state index contributed by atoms with van der Waals surface area (Å²) in [4.78, 5) is 20.9. The number of nitro groups is 1. The second-order valence-corrected chi connectivity index (χ2v) is 4.76. The van der Waals surface area contributed by atoms with Gasteiger partial charge in [0.05, 0.1) is 10.3 Å². The van der Waals surface area contributed by atoms with Crippen LogP contribution in [0.2, 0.25) is 0 Å². The van der Waals surface area contributed by atoms with Crippen LogP contribution in [0, 0.1) is 10.1 Å². The number of aliphatic carboxylic acids is 1. The Bertz CT molecular complexity index is 465. The minimum atomic E-state index is -0.898. The molecule has 0 spiro atoms. The second kappa shape index (κ2) is 4.72. The predicted molar refractivity (Wildman–Crippen MR) is 62.9 cm³/mol. The van der Waals surface area contributed by atoms with E-state index in [1.807, 2.05) is 0 Å². The van der Waals surface area contributed by atoms with Crippen molar-refractivity contribution in [3.63, 3.8) is 0 Å². The van der Waals surface area contributed by atoms with Crippen molar-refractivity contribution in [3.8, 4) is 0 Å². The summed E-state index contributed by atoms with van der Waals surface area (Å²) in [7, 11) is 0. The van der Waals surface area contributed by atoms with Crippen molar-refractivity contribution in [2.24, 2.45) is 0 Å². The molecular weight excluding hydrogens is 244 g/mol. The Morgan fingerprint density at radius 1 is 1.59 bits per heavy atom. The Hall–Kier alpha value is -1.60. The van der Waals surface area contributed by atoms with E-state index in [-0.39, 0.29) is 11.1 Å². The van der Waals surface area contributed by atoms with E-state index in [2.05, 4.69) is 5.32 Å². The first-order valence-electron chi connectivity index (χ1n) is 4.93. The Morgan fingerprint density at radius 3 is 2.94 bits per heavy atom. The maximum atomic E-state index is 10.8. The van der Waals surface area contributed by atoms with Crippen molar-refractivity contribution in [1.29, 1.82) is 0 Å². The molecule has 7 heteroatoms. The Kier molecular flexibility index (Phi) is 3.30. The summed E-state index contributed by atoms with van der Waals surface area (Å²) < 4.78 is 0. The molecule has 0 saturated carbocycles. The molecule has 0 aliphatic carbocycles. The number of non-ortho nitro benzene ring substituents is 1. The van der Waals surface area contributed by atoms with Crippen molar-refractivity contribution >= 4 is 23.4 Å². The minimum Gasteiger partial charge on any atom is -0.480 e. The third-order valence-corrected chi connectivity index (χ3v) is 3.73. The Morgan fingerprint density at radius 2 is 2.35 bits per heavy atom. The topological polar surface area (TPSA) is 92.5 Å². The molecule has 2 N–H and O–H groups in total. The maximum Gasteiger partial charge on any atom is 0.321 e. The number of hydrogen-bond acceptors (Lipinski definition) is 5. The smallest absolute Gasteiger partial charge is 0.321 e. The van der Waals surface area contributed by atoms with Crippen LogP contribution in [-0.2, 0) is 4.79 Å². The van der Waals surface area contributed by atoms with Crippen LogP contribution in [-0.4, -0.2) is 27.8 Å². The molecular formula is C10H10N2O4S. The summed E-state index contributed by atoms with van der Waals surface area (Å²) in [6, 6.07) is 5.64. The maximum absolute atomic E-state index is 10.8. The van der Waals surface area contributed by atoms with Crippen LogP contribution in [0.4, 0.5) is 5.69 Å². The van der Waals surface area contributed by atoms with Gasteiger partial charge < -0.3 is 5.11 Å². The highest BCUT2D eigenvalue weighted by Gasteiger charge is 2.30. The monoisotopic (exact) mass is 254 g/mol. The molecule has 1 heterocycles. The fraction of sp³-hybridized carbons (Fsp3) is 0.300. The molecule has 0 bridgehead atoms. The number of thioether (sulfide) groups is 1. The zero-order chi connectivity index (χ0) is 12.4. The molecule has 1 saturated heterocycles. The summed E-state index contributed by atoms with van der Waals surface area (Å²) in [6.45, 7) is 0. The van der Waals surface area contributed by atoms with Gasteiger partial charge in [-0.15, -0.1) is 11.8 Å². The van der Waals surface area contributed by atoms with E-state index in [0.717, 1.165) is 5.56 Å². The molecule has 0 radical (unpaired) electrons. The van der Waals surface area contributed by atoms with E-state index in [4.69, 9.17) is 5.11 Å². The van der Waals surface area contributed by atoms with Crippen LogP contribution in [0.1, 0.15) is 10.9 Å². The van der Waals surface area contributed by atoms with Gasteiger partial charge in [0.2, 0.25) is 0 Å². The minimum absolute atomic E-state index is 0.0173. The summed E-state index contributed by atoms with van der Waals surface area (Å²) in [5, 5.41) is 22.2. The lowest BCUT2D eigenvalue weighted by Gasteiger charge is -2.10. The number of nitro benzene ring substituents is 1. The second-order valence-electron chi connectivity index (χ2n) is 3.62. The number of carboxylic acid groups (broad SMARTS) is 1. The van der Waals surface area contributed by atoms with Gasteiger partial charge >= 0.3 is 5.97 Å². The van der Waals surface area contributed by atoms with Crippen molar-refractivity contribution in [1.82, 2.24) is 5.32 Å². The molecule has 1 unspecified atom stereocenters. The predicted octanol–water partition coefficient (Wildman–Crippen LogP) is 1.38. The summed E-state index contributed by atoms with van der Waals surface area (Å²) in [5.41, 5.74) is 0.747. The zero-order valence-corrected chi connectivity index (χ0v) is 9.52. The van der Waals surface area contributed by atoms with Gasteiger partial charge in [0, 0.05) is 17.9 Å². The number of carbonyl (C=O) groups is 1. The number of rotatable bonds is 3. The standard InChI is InChI=1S/C10H10N2O4S/c13-10(14)8-5-17-9(11-8)6-2-1-3-7(4-6)12(15)16/h1-4,8-9,11H,5H2,(H,13,14)/t8-,9?/m1/s1. The third-order valence-electron chi connectivity index (χ3n) is 2.46. The van der Waals surface area contributed by atoms with Gasteiger partial charge in [-0.1, -0.05) is 12.1 Å². The highest BCUT2D eigenvalue weighted by molar-refractivity contribution is 7.99. The molecule has 2 rings (SSSR count). The number of carboxylic acids is 1. The molecule has 1 fully saturated rings. The highest BCUT2D eigenvalue weighted by Crippen LogP contribution is 2.33. The van der Waals surface area contributed by atoms with E-state index in [1.54, 1.807) is 12.1 Å². The first-order valence-corrected chi connectivity index (χ1v) is 5.97. The van der Waals surface area contributed by atoms with Gasteiger partial charge in [-0.05, 0) is 5.56 Å². The van der Waals surface area contributed by atoms with Crippen molar-refractivity contribution < 1.29 is 14.8 Å². The summed E-state index contributed by atoms with van der Waals surface area (Å²) in [5.74, 6) is -0.437. The third kappa shape index (κ3) is 2.56. The Labute approximate surface area is 101 Å². The summed E-state index contributed by atoms with van der Waals surface area (Å²) >= 11 is 1.44. The zero-order valence-electron chi connectivity index (χ0n) is 8.70. The van der Waals surface area contributed by atoms with Gasteiger partial charge in [0.25, 0.3) is 5.69 Å². The molecule has 1 aliphatic heterocycles. The first kappa shape index (κ1) is 11.9. The quantitative estimate of drug-likeness (QED) is 0.625. The SMILES string of the molecule is O=C(O)[C@H]1CSC(c2cccc([N+](=O)[O-])c2)N1. The van der Waals surface area contributed by atoms with Crippen LogP contribution in [0.3, 0.4) is 0 Å². The van der Waals surface area contributed by atoms with E-state index in [0.29, 0.717) is 5.75 Å². The van der Waals surface area contributed by atoms with Crippen LogP contribution in [0.25, 0.3) is 0 Å². The molecule has 1 aliphatic rings. The van der Waals surface area contributed by atoms with Crippen molar-refractivity contribution in [2.45, 2.75) is 11.4 Å². The Balaban J connectivity index is 2.16. The summed E-state index contributed by atoms with van der Waals surface area (Å²) in [6.07, 6.45) is 0. The number of nitrogens with zero attached hydrogens (tertiary/aromatic N) is 1. The molecule has 90 valence electrons. The van der Waals surface area contributed by atoms with Gasteiger partial charge in [-0.25, -0.2) is 0 Å². The molecule has 0 aromatic heterocycles. The van der Waals surface area contributed by atoms with Gasteiger partial charge in [-0.2, -0.15) is 0 Å². The normalized spacial score (nSPS) is 23.5. The van der Waals surface area contributed by atoms with Gasteiger partial charge in [-0.3, -0.25) is 20.2 Å². The fourth-order valence-electron chi connectivity index (χ4n) is 1.61. The van der Waals surface area contributed by atoms with E-state index < -0.39 is 16.9 Å². The number of benzene rings is 1. The van der Waals surface area contributed by atoms with Crippen LogP contribution in [0.5, 0.6) is 0 Å². The lowest BCUT2D eigenvalue weighted by atomic mass is 10.2. The molecule has 1 aromatic rings.